The van der Waals surface area contributed by atoms with E-state index in [1.54, 1.807) is 42.5 Å². The molecule has 0 radical (unpaired) electrons. The number of amides is 2. The van der Waals surface area contributed by atoms with E-state index >= 15 is 0 Å². The lowest BCUT2D eigenvalue weighted by molar-refractivity contribution is -0.117. The molecule has 1 saturated heterocycles. The lowest BCUT2D eigenvalue weighted by atomic mass is 10.2. The van der Waals surface area contributed by atoms with E-state index in [1.165, 1.54) is 31.9 Å². The molecule has 2 N–H and O–H groups in total. The lowest BCUT2D eigenvalue weighted by Gasteiger charge is -2.19. The molecule has 1 aromatic carbocycles. The number of nitrogens with zero attached hydrogens (tertiary/aromatic N) is 1. The summed E-state index contributed by atoms with van der Waals surface area (Å²) in [4.78, 5) is 27.6. The maximum Gasteiger partial charge on any atom is 0.267 e. The van der Waals surface area contributed by atoms with Crippen molar-refractivity contribution < 1.29 is 14.0 Å². The monoisotopic (exact) mass is 395 g/mol. The summed E-state index contributed by atoms with van der Waals surface area (Å²) in [6, 6.07) is 12.3. The van der Waals surface area contributed by atoms with Crippen molar-refractivity contribution in [3.63, 3.8) is 0 Å². The van der Waals surface area contributed by atoms with Crippen LogP contribution in [0.4, 0.5) is 0 Å². The molecule has 2 aromatic rings. The van der Waals surface area contributed by atoms with Crippen LogP contribution in [-0.2, 0) is 4.79 Å². The number of rotatable bonds is 8. The number of furan rings is 1. The molecule has 0 saturated carbocycles. The first-order valence-corrected chi connectivity index (χ1v) is 10.3. The van der Waals surface area contributed by atoms with Crippen molar-refractivity contribution in [2.45, 2.75) is 32.1 Å². The zero-order valence-electron chi connectivity index (χ0n) is 16.7. The van der Waals surface area contributed by atoms with Gasteiger partial charge in [0.15, 0.2) is 0 Å². The van der Waals surface area contributed by atoms with Gasteiger partial charge in [0.1, 0.15) is 11.5 Å². The summed E-state index contributed by atoms with van der Waals surface area (Å²) in [6.45, 7) is 3.83. The van der Waals surface area contributed by atoms with Gasteiger partial charge in [0.25, 0.3) is 11.8 Å². The highest BCUT2D eigenvalue weighted by Gasteiger charge is 2.15. The minimum atomic E-state index is -0.330. The third-order valence-electron chi connectivity index (χ3n) is 4.99. The molecule has 29 heavy (non-hydrogen) atoms. The smallest absolute Gasteiger partial charge is 0.267 e. The van der Waals surface area contributed by atoms with Gasteiger partial charge >= 0.3 is 0 Å². The molecule has 0 bridgehead atoms. The van der Waals surface area contributed by atoms with E-state index in [0.717, 1.165) is 26.1 Å². The van der Waals surface area contributed by atoms with Crippen molar-refractivity contribution in [1.82, 2.24) is 15.5 Å². The summed E-state index contributed by atoms with van der Waals surface area (Å²) in [7, 11) is 0. The second-order valence-electron chi connectivity index (χ2n) is 7.26. The van der Waals surface area contributed by atoms with Gasteiger partial charge in [0.2, 0.25) is 0 Å². The van der Waals surface area contributed by atoms with Crippen LogP contribution >= 0.6 is 0 Å². The Hall–Kier alpha value is -2.86. The normalized spacial score (nSPS) is 15.5. The average molecular weight is 396 g/mol. The van der Waals surface area contributed by atoms with Gasteiger partial charge in [-0.2, -0.15) is 0 Å². The molecule has 1 fully saturated rings. The van der Waals surface area contributed by atoms with Crippen LogP contribution in [0.15, 0.2) is 58.8 Å². The molecule has 0 aliphatic carbocycles. The predicted octanol–water partition coefficient (Wildman–Crippen LogP) is 3.43. The Kier molecular flexibility index (Phi) is 8.07. The maximum absolute atomic E-state index is 12.7. The summed E-state index contributed by atoms with van der Waals surface area (Å²) in [5.74, 6) is -0.141. The van der Waals surface area contributed by atoms with Crippen molar-refractivity contribution >= 4 is 17.9 Å². The number of hydrogen-bond acceptors (Lipinski definition) is 4. The molecular weight excluding hydrogens is 366 g/mol. The van der Waals surface area contributed by atoms with Gasteiger partial charge in [-0.25, -0.2) is 0 Å². The number of carbonyl (C=O) groups is 2. The molecule has 1 aromatic heterocycles. The quantitative estimate of drug-likeness (QED) is 0.530. The van der Waals surface area contributed by atoms with Gasteiger partial charge in [-0.05, 0) is 63.2 Å². The highest BCUT2D eigenvalue weighted by atomic mass is 16.3. The highest BCUT2D eigenvalue weighted by Crippen LogP contribution is 2.10. The van der Waals surface area contributed by atoms with Gasteiger partial charge in [0, 0.05) is 18.2 Å². The molecule has 1 aliphatic rings. The van der Waals surface area contributed by atoms with Crippen molar-refractivity contribution in [2.75, 3.05) is 26.2 Å². The topological polar surface area (TPSA) is 74.6 Å². The Morgan fingerprint density at radius 2 is 1.76 bits per heavy atom. The van der Waals surface area contributed by atoms with E-state index in [1.807, 2.05) is 6.07 Å². The molecule has 2 amide bonds. The molecule has 0 spiro atoms. The number of hydrogen-bond donors (Lipinski definition) is 2. The van der Waals surface area contributed by atoms with Gasteiger partial charge in [-0.3, -0.25) is 9.59 Å². The van der Waals surface area contributed by atoms with Crippen molar-refractivity contribution in [1.29, 1.82) is 0 Å². The number of carbonyl (C=O) groups excluding carboxylic acids is 2. The van der Waals surface area contributed by atoms with E-state index in [4.69, 9.17) is 4.42 Å². The fraction of sp³-hybridized carbons (Fsp3) is 0.391. The lowest BCUT2D eigenvalue weighted by Crippen LogP contribution is -2.36. The van der Waals surface area contributed by atoms with E-state index in [0.29, 0.717) is 17.9 Å². The minimum absolute atomic E-state index is 0.170. The number of likely N-dealkylation sites (tertiary alicyclic amines) is 1. The van der Waals surface area contributed by atoms with Gasteiger partial charge in [-0.1, -0.05) is 31.0 Å². The Morgan fingerprint density at radius 3 is 2.45 bits per heavy atom. The van der Waals surface area contributed by atoms with Crippen LogP contribution in [-0.4, -0.2) is 42.9 Å². The zero-order valence-corrected chi connectivity index (χ0v) is 16.7. The fourth-order valence-corrected chi connectivity index (χ4v) is 3.42. The molecule has 6 heteroatoms. The first-order valence-electron chi connectivity index (χ1n) is 10.3. The Morgan fingerprint density at radius 1 is 1.00 bits per heavy atom. The predicted molar refractivity (Wildman–Crippen MR) is 113 cm³/mol. The second kappa shape index (κ2) is 11.2. The first-order chi connectivity index (χ1) is 14.2. The molecule has 0 atom stereocenters. The minimum Gasteiger partial charge on any atom is -0.465 e. The summed E-state index contributed by atoms with van der Waals surface area (Å²) in [5.41, 5.74) is 0.662. The highest BCUT2D eigenvalue weighted by molar-refractivity contribution is 6.05. The van der Waals surface area contributed by atoms with E-state index in [9.17, 15) is 9.59 Å². The third kappa shape index (κ3) is 6.91. The fourth-order valence-electron chi connectivity index (χ4n) is 3.42. The van der Waals surface area contributed by atoms with Crippen molar-refractivity contribution in [3.05, 3.63) is 65.7 Å². The van der Waals surface area contributed by atoms with Crippen LogP contribution in [0.25, 0.3) is 6.08 Å². The van der Waals surface area contributed by atoms with Crippen LogP contribution in [0.2, 0.25) is 0 Å². The molecular formula is C23H29N3O3. The van der Waals surface area contributed by atoms with Gasteiger partial charge in [0.05, 0.1) is 6.26 Å². The standard InChI is InChI=1S/C23H29N3O3/c27-22(19-10-4-3-5-11-19)25-21(18-20-12-8-17-29-20)23(28)24-13-9-16-26-14-6-1-2-7-15-26/h3-5,8,10-12,17-18H,1-2,6-7,9,13-16H2,(H,24,28)(H,25,27)/b21-18-. The summed E-state index contributed by atoms with van der Waals surface area (Å²) >= 11 is 0. The van der Waals surface area contributed by atoms with Crippen LogP contribution < -0.4 is 10.6 Å². The van der Waals surface area contributed by atoms with E-state index in [2.05, 4.69) is 15.5 Å². The van der Waals surface area contributed by atoms with E-state index in [-0.39, 0.29) is 17.5 Å². The SMILES string of the molecule is O=C(NCCCN1CCCCCC1)/C(=C/c1ccco1)NC(=O)c1ccccc1. The van der Waals surface area contributed by atoms with Crippen LogP contribution in [0.1, 0.15) is 48.2 Å². The molecule has 3 rings (SSSR count). The first kappa shape index (κ1) is 20.9. The molecule has 154 valence electrons. The molecule has 2 heterocycles. The third-order valence-corrected chi connectivity index (χ3v) is 4.99. The molecule has 6 nitrogen and oxygen atoms in total. The summed E-state index contributed by atoms with van der Waals surface area (Å²) in [6.07, 6.45) is 9.10. The average Bonchev–Trinajstić information content (AvgIpc) is 3.12. The largest absolute Gasteiger partial charge is 0.465 e. The number of benzene rings is 1. The van der Waals surface area contributed by atoms with Crippen molar-refractivity contribution in [2.24, 2.45) is 0 Å². The van der Waals surface area contributed by atoms with Crippen molar-refractivity contribution in [3.8, 4) is 0 Å². The van der Waals surface area contributed by atoms with Gasteiger partial charge < -0.3 is 20.0 Å². The summed E-state index contributed by atoms with van der Waals surface area (Å²) < 4.78 is 5.30. The van der Waals surface area contributed by atoms with Gasteiger partial charge in [-0.15, -0.1) is 0 Å². The summed E-state index contributed by atoms with van der Waals surface area (Å²) in [5, 5.41) is 5.63. The number of nitrogens with one attached hydrogen (secondary N) is 2. The van der Waals surface area contributed by atoms with E-state index < -0.39 is 0 Å². The Balaban J connectivity index is 1.55. The Labute approximate surface area is 172 Å². The molecule has 0 unspecified atom stereocenters. The second-order valence-corrected chi connectivity index (χ2v) is 7.26. The molecule has 1 aliphatic heterocycles. The van der Waals surface area contributed by atoms with Crippen LogP contribution in [0.3, 0.4) is 0 Å². The zero-order chi connectivity index (χ0) is 20.3. The Bertz CT molecular complexity index is 792. The van der Waals surface area contributed by atoms with Crippen LogP contribution in [0, 0.1) is 0 Å². The van der Waals surface area contributed by atoms with Crippen LogP contribution in [0.5, 0.6) is 0 Å². The maximum atomic E-state index is 12.7.